The van der Waals surface area contributed by atoms with Gasteiger partial charge in [0.25, 0.3) is 0 Å². The summed E-state index contributed by atoms with van der Waals surface area (Å²) >= 11 is 0. The van der Waals surface area contributed by atoms with Crippen LogP contribution >= 0.6 is 0 Å². The molecular weight excluding hydrogens is 581 g/mol. The van der Waals surface area contributed by atoms with Gasteiger partial charge < -0.3 is 9.97 Å². The Morgan fingerprint density at radius 1 is 0.292 bits per heavy atom. The van der Waals surface area contributed by atoms with Crippen molar-refractivity contribution in [3.8, 4) is 44.5 Å². The summed E-state index contributed by atoms with van der Waals surface area (Å²) in [5.74, 6) is 0. The number of fused-ring (bicyclic) bond motifs is 9. The van der Waals surface area contributed by atoms with E-state index in [9.17, 15) is 0 Å². The minimum absolute atomic E-state index is 1.14. The van der Waals surface area contributed by atoms with Gasteiger partial charge in [-0.15, -0.1) is 0 Å². The van der Waals surface area contributed by atoms with Crippen LogP contribution in [-0.2, 0) is 0 Å². The van der Waals surface area contributed by atoms with Crippen molar-refractivity contribution in [2.45, 2.75) is 0 Å². The number of aromatic nitrogens is 2. The van der Waals surface area contributed by atoms with E-state index in [0.29, 0.717) is 0 Å². The average molecular weight is 611 g/mol. The van der Waals surface area contributed by atoms with Crippen LogP contribution in [0.2, 0.25) is 0 Å². The van der Waals surface area contributed by atoms with E-state index in [2.05, 4.69) is 180 Å². The van der Waals surface area contributed by atoms with Crippen molar-refractivity contribution < 1.29 is 0 Å². The Kier molecular flexibility index (Phi) is 5.91. The maximum Gasteiger partial charge on any atom is 0.0565 e. The van der Waals surface area contributed by atoms with E-state index < -0.39 is 0 Å². The fourth-order valence-corrected chi connectivity index (χ4v) is 7.70. The van der Waals surface area contributed by atoms with Crippen molar-refractivity contribution >= 4 is 54.4 Å². The highest BCUT2D eigenvalue weighted by atomic mass is 14.7. The van der Waals surface area contributed by atoms with Crippen LogP contribution < -0.4 is 0 Å². The van der Waals surface area contributed by atoms with Crippen LogP contribution in [0, 0.1) is 0 Å². The van der Waals surface area contributed by atoms with Gasteiger partial charge in [0.05, 0.1) is 11.0 Å². The first kappa shape index (κ1) is 26.8. The molecule has 224 valence electrons. The van der Waals surface area contributed by atoms with E-state index >= 15 is 0 Å². The third kappa shape index (κ3) is 4.13. The molecule has 2 heteroatoms. The summed E-state index contributed by atoms with van der Waals surface area (Å²) in [5.41, 5.74) is 14.4. The molecule has 48 heavy (non-hydrogen) atoms. The largest absolute Gasteiger partial charge is 0.354 e. The molecule has 2 aromatic heterocycles. The molecule has 0 unspecified atom stereocenters. The zero-order valence-electron chi connectivity index (χ0n) is 26.2. The lowest BCUT2D eigenvalue weighted by Crippen LogP contribution is -1.85. The number of hydrogen-bond donors (Lipinski definition) is 2. The van der Waals surface area contributed by atoms with Crippen molar-refractivity contribution in [2.24, 2.45) is 0 Å². The van der Waals surface area contributed by atoms with Gasteiger partial charge in [-0.2, -0.15) is 0 Å². The third-order valence-corrected chi connectivity index (χ3v) is 9.97. The Hall–Kier alpha value is -6.38. The number of H-pyrrole nitrogens is 2. The standard InChI is InChI=1S/C46H30N2/c1-3-11-29(12-4-1)34-15-7-9-17-36(34)32-21-23-38-40-25-19-31-20-26-41-39-24-22-33(37-18-10-8-16-35(37)30-13-5-2-6-14-30)28-43(39)48-46(41)44(31)45(40)47-42(38)27-32/h1-28,47-48H. The molecule has 0 radical (unpaired) electrons. The molecule has 0 saturated carbocycles. The maximum absolute atomic E-state index is 3.87. The van der Waals surface area contributed by atoms with Gasteiger partial charge in [-0.25, -0.2) is 0 Å². The van der Waals surface area contributed by atoms with E-state index in [0.717, 1.165) is 11.0 Å². The van der Waals surface area contributed by atoms with Crippen LogP contribution in [0.1, 0.15) is 0 Å². The molecule has 8 aromatic carbocycles. The molecule has 0 spiro atoms. The Morgan fingerprint density at radius 2 is 0.667 bits per heavy atom. The normalized spacial score (nSPS) is 11.8. The van der Waals surface area contributed by atoms with E-state index in [1.54, 1.807) is 0 Å². The molecule has 0 aliphatic carbocycles. The van der Waals surface area contributed by atoms with Crippen LogP contribution in [0.15, 0.2) is 170 Å². The SMILES string of the molecule is c1ccc(-c2ccccc2-c2ccc3c(c2)[nH]c2c3ccc3ccc4c5ccc(-c6ccccc6-c6ccccc6)cc5[nH]c4c32)cc1. The van der Waals surface area contributed by atoms with E-state index in [1.807, 2.05) is 0 Å². The monoisotopic (exact) mass is 610 g/mol. The lowest BCUT2D eigenvalue weighted by molar-refractivity contribution is 1.53. The summed E-state index contributed by atoms with van der Waals surface area (Å²) < 4.78 is 0. The van der Waals surface area contributed by atoms with E-state index in [4.69, 9.17) is 0 Å². The third-order valence-electron chi connectivity index (χ3n) is 9.97. The molecule has 0 amide bonds. The maximum atomic E-state index is 3.87. The first-order valence-corrected chi connectivity index (χ1v) is 16.5. The fraction of sp³-hybridized carbons (Fsp3) is 0. The number of rotatable bonds is 4. The lowest BCUT2D eigenvalue weighted by Gasteiger charge is -2.10. The fourth-order valence-electron chi connectivity index (χ4n) is 7.70. The van der Waals surface area contributed by atoms with Crippen LogP contribution in [0.25, 0.3) is 98.9 Å². The topological polar surface area (TPSA) is 31.6 Å². The second-order valence-electron chi connectivity index (χ2n) is 12.7. The first-order valence-electron chi connectivity index (χ1n) is 16.5. The molecule has 0 atom stereocenters. The zero-order valence-corrected chi connectivity index (χ0v) is 26.2. The molecular formula is C46H30N2. The first-order chi connectivity index (χ1) is 23.8. The summed E-state index contributed by atoms with van der Waals surface area (Å²) in [6.07, 6.45) is 0. The molecule has 10 aromatic rings. The number of hydrogen-bond acceptors (Lipinski definition) is 0. The van der Waals surface area contributed by atoms with Crippen molar-refractivity contribution in [1.82, 2.24) is 9.97 Å². The summed E-state index contributed by atoms with van der Waals surface area (Å²) in [7, 11) is 0. The zero-order chi connectivity index (χ0) is 31.6. The van der Waals surface area contributed by atoms with Crippen molar-refractivity contribution in [1.29, 1.82) is 0 Å². The number of benzene rings is 8. The van der Waals surface area contributed by atoms with Gasteiger partial charge in [0, 0.05) is 38.0 Å². The molecule has 10 rings (SSSR count). The van der Waals surface area contributed by atoms with E-state index in [1.165, 1.54) is 87.9 Å². The predicted octanol–water partition coefficient (Wildman–Crippen LogP) is 12.8. The average Bonchev–Trinajstić information content (AvgIpc) is 3.73. The number of aromatic amines is 2. The second-order valence-corrected chi connectivity index (χ2v) is 12.7. The molecule has 0 aliphatic rings. The summed E-state index contributed by atoms with van der Waals surface area (Å²) in [6.45, 7) is 0. The quantitative estimate of drug-likeness (QED) is 0.199. The summed E-state index contributed by atoms with van der Waals surface area (Å²) in [4.78, 5) is 7.74. The van der Waals surface area contributed by atoms with Crippen molar-refractivity contribution in [3.05, 3.63) is 170 Å². The highest BCUT2D eigenvalue weighted by Crippen LogP contribution is 2.41. The molecule has 0 fully saturated rings. The highest BCUT2D eigenvalue weighted by molar-refractivity contribution is 6.27. The Bertz CT molecular complexity index is 2630. The smallest absolute Gasteiger partial charge is 0.0565 e. The van der Waals surface area contributed by atoms with E-state index in [-0.39, 0.29) is 0 Å². The van der Waals surface area contributed by atoms with Crippen molar-refractivity contribution in [2.75, 3.05) is 0 Å². The summed E-state index contributed by atoms with van der Waals surface area (Å²) in [6, 6.07) is 61.4. The predicted molar refractivity (Wildman–Crippen MR) is 204 cm³/mol. The van der Waals surface area contributed by atoms with Gasteiger partial charge in [-0.05, 0) is 62.0 Å². The molecule has 2 N–H and O–H groups in total. The van der Waals surface area contributed by atoms with Gasteiger partial charge >= 0.3 is 0 Å². The number of nitrogens with one attached hydrogen (secondary N) is 2. The van der Waals surface area contributed by atoms with Crippen LogP contribution in [0.4, 0.5) is 0 Å². The van der Waals surface area contributed by atoms with Crippen LogP contribution in [0.3, 0.4) is 0 Å². The van der Waals surface area contributed by atoms with Gasteiger partial charge in [0.2, 0.25) is 0 Å². The van der Waals surface area contributed by atoms with Gasteiger partial charge in [-0.1, -0.05) is 158 Å². The Balaban J connectivity index is 1.15. The van der Waals surface area contributed by atoms with Gasteiger partial charge in [0.1, 0.15) is 0 Å². The minimum Gasteiger partial charge on any atom is -0.354 e. The molecule has 2 heterocycles. The van der Waals surface area contributed by atoms with Crippen LogP contribution in [-0.4, -0.2) is 9.97 Å². The van der Waals surface area contributed by atoms with Crippen molar-refractivity contribution in [3.63, 3.8) is 0 Å². The Labute approximate surface area is 277 Å². The van der Waals surface area contributed by atoms with Gasteiger partial charge in [-0.3, -0.25) is 0 Å². The highest BCUT2D eigenvalue weighted by Gasteiger charge is 2.16. The summed E-state index contributed by atoms with van der Waals surface area (Å²) in [5, 5.41) is 7.40. The molecule has 0 bridgehead atoms. The van der Waals surface area contributed by atoms with Crippen LogP contribution in [0.5, 0.6) is 0 Å². The molecule has 0 saturated heterocycles. The second kappa shape index (κ2) is 10.6. The minimum atomic E-state index is 1.14. The molecule has 0 aliphatic heterocycles. The Morgan fingerprint density at radius 3 is 1.10 bits per heavy atom. The lowest BCUT2D eigenvalue weighted by atomic mass is 9.94. The van der Waals surface area contributed by atoms with Gasteiger partial charge in [0.15, 0.2) is 0 Å². The molecule has 2 nitrogen and oxygen atoms in total.